The molecule has 2 rings (SSSR count). The topological polar surface area (TPSA) is 38.0 Å². The number of rotatable bonds is 3. The minimum Gasteiger partial charge on any atom is -0.329 e. The molecule has 3 atom stereocenters. The van der Waals surface area contributed by atoms with E-state index in [9.17, 15) is 0 Å². The van der Waals surface area contributed by atoms with E-state index in [1.807, 2.05) is 0 Å². The van der Waals surface area contributed by atoms with Gasteiger partial charge in [0.15, 0.2) is 0 Å². The van der Waals surface area contributed by atoms with Crippen molar-refractivity contribution in [2.24, 2.45) is 22.5 Å². The average Bonchev–Trinajstić information content (AvgIpc) is 2.65. The Hall–Kier alpha value is -0.0800. The van der Waals surface area contributed by atoms with Crippen LogP contribution in [0.2, 0.25) is 0 Å². The summed E-state index contributed by atoms with van der Waals surface area (Å²) >= 11 is 0. The van der Waals surface area contributed by atoms with Crippen LogP contribution in [0.25, 0.3) is 0 Å². The molecule has 0 aromatic heterocycles. The lowest BCUT2D eigenvalue weighted by Crippen LogP contribution is -2.56. The zero-order valence-corrected chi connectivity index (χ0v) is 13.0. The number of hydrogen-bond acceptors (Lipinski definition) is 2. The van der Waals surface area contributed by atoms with Gasteiger partial charge in [0.05, 0.1) is 0 Å². The maximum atomic E-state index is 6.16. The molecule has 2 nitrogen and oxygen atoms in total. The highest BCUT2D eigenvalue weighted by Crippen LogP contribution is 2.48. The molecule has 0 aliphatic heterocycles. The Bertz CT molecular complexity index is 308. The van der Waals surface area contributed by atoms with Crippen molar-refractivity contribution in [1.82, 2.24) is 5.32 Å². The summed E-state index contributed by atoms with van der Waals surface area (Å²) in [7, 11) is 0. The van der Waals surface area contributed by atoms with Crippen LogP contribution in [0.3, 0.4) is 0 Å². The minimum atomic E-state index is 0.189. The molecule has 2 heteroatoms. The molecule has 0 aromatic carbocycles. The molecule has 2 aliphatic carbocycles. The van der Waals surface area contributed by atoms with Crippen LogP contribution in [0.4, 0.5) is 0 Å². The van der Waals surface area contributed by atoms with Crippen molar-refractivity contribution in [3.8, 4) is 0 Å². The van der Waals surface area contributed by atoms with Gasteiger partial charge in [-0.1, -0.05) is 34.6 Å². The van der Waals surface area contributed by atoms with E-state index >= 15 is 0 Å². The standard InChI is InChI=1S/C16H32N2/c1-12-8-15(4,5)10-16(12,11-17)18-13-6-7-14(2,3)9-13/h12-13,18H,6-11,17H2,1-5H3. The van der Waals surface area contributed by atoms with Crippen LogP contribution in [0.1, 0.15) is 66.7 Å². The number of nitrogens with one attached hydrogen (secondary N) is 1. The second kappa shape index (κ2) is 4.49. The summed E-state index contributed by atoms with van der Waals surface area (Å²) in [5, 5.41) is 3.98. The van der Waals surface area contributed by atoms with Crippen molar-refractivity contribution in [2.45, 2.75) is 78.3 Å². The fourth-order valence-electron chi connectivity index (χ4n) is 4.62. The van der Waals surface area contributed by atoms with E-state index in [4.69, 9.17) is 5.73 Å². The van der Waals surface area contributed by atoms with Gasteiger partial charge < -0.3 is 11.1 Å². The van der Waals surface area contributed by atoms with Crippen molar-refractivity contribution in [3.05, 3.63) is 0 Å². The smallest absolute Gasteiger partial charge is 0.0337 e. The van der Waals surface area contributed by atoms with E-state index in [0.29, 0.717) is 22.8 Å². The van der Waals surface area contributed by atoms with E-state index < -0.39 is 0 Å². The Labute approximate surface area is 113 Å². The summed E-state index contributed by atoms with van der Waals surface area (Å²) in [6.45, 7) is 12.7. The van der Waals surface area contributed by atoms with Crippen LogP contribution in [0.15, 0.2) is 0 Å². The quantitative estimate of drug-likeness (QED) is 0.809. The first-order chi connectivity index (χ1) is 8.18. The minimum absolute atomic E-state index is 0.189. The van der Waals surface area contributed by atoms with Crippen LogP contribution in [-0.2, 0) is 0 Å². The highest BCUT2D eigenvalue weighted by Gasteiger charge is 2.49. The third-order valence-electron chi connectivity index (χ3n) is 5.42. The van der Waals surface area contributed by atoms with Gasteiger partial charge >= 0.3 is 0 Å². The SMILES string of the molecule is CC1CC(C)(C)CC1(CN)NC1CCC(C)(C)C1. The predicted octanol–water partition coefficient (Wildman–Crippen LogP) is 3.31. The molecule has 0 saturated heterocycles. The highest BCUT2D eigenvalue weighted by molar-refractivity contribution is 5.07. The zero-order valence-electron chi connectivity index (χ0n) is 13.0. The molecule has 0 radical (unpaired) electrons. The molecule has 106 valence electrons. The summed E-state index contributed by atoms with van der Waals surface area (Å²) in [6.07, 6.45) is 6.51. The Morgan fingerprint density at radius 2 is 1.78 bits per heavy atom. The van der Waals surface area contributed by atoms with Crippen LogP contribution >= 0.6 is 0 Å². The summed E-state index contributed by atoms with van der Waals surface area (Å²) in [6, 6.07) is 0.680. The van der Waals surface area contributed by atoms with Crippen LogP contribution in [0.5, 0.6) is 0 Å². The van der Waals surface area contributed by atoms with Gasteiger partial charge in [-0.05, 0) is 48.9 Å². The van der Waals surface area contributed by atoms with Crippen LogP contribution in [0, 0.1) is 16.7 Å². The van der Waals surface area contributed by atoms with Gasteiger partial charge in [0.1, 0.15) is 0 Å². The zero-order chi connectivity index (χ0) is 13.6. The van der Waals surface area contributed by atoms with E-state index in [0.717, 1.165) is 6.54 Å². The normalized spacial score (nSPS) is 42.3. The average molecular weight is 252 g/mol. The van der Waals surface area contributed by atoms with Gasteiger partial charge in [0.25, 0.3) is 0 Å². The summed E-state index contributed by atoms with van der Waals surface area (Å²) in [4.78, 5) is 0. The molecule has 3 N–H and O–H groups in total. The molecule has 0 amide bonds. The Morgan fingerprint density at radius 1 is 1.11 bits per heavy atom. The number of nitrogens with two attached hydrogens (primary N) is 1. The fourth-order valence-corrected chi connectivity index (χ4v) is 4.62. The lowest BCUT2D eigenvalue weighted by atomic mass is 9.85. The molecule has 3 unspecified atom stereocenters. The van der Waals surface area contributed by atoms with Gasteiger partial charge in [0.2, 0.25) is 0 Å². The maximum absolute atomic E-state index is 6.16. The van der Waals surface area contributed by atoms with Gasteiger partial charge in [-0.3, -0.25) is 0 Å². The second-order valence-corrected chi connectivity index (χ2v) is 8.55. The van der Waals surface area contributed by atoms with E-state index in [2.05, 4.69) is 39.9 Å². The number of hydrogen-bond donors (Lipinski definition) is 2. The first-order valence-electron chi connectivity index (χ1n) is 7.66. The first-order valence-corrected chi connectivity index (χ1v) is 7.66. The molecular formula is C16H32N2. The van der Waals surface area contributed by atoms with Crippen molar-refractivity contribution in [2.75, 3.05) is 6.54 Å². The molecule has 0 spiro atoms. The molecule has 0 aromatic rings. The third-order valence-corrected chi connectivity index (χ3v) is 5.42. The summed E-state index contributed by atoms with van der Waals surface area (Å²) < 4.78 is 0. The van der Waals surface area contributed by atoms with Crippen LogP contribution in [-0.4, -0.2) is 18.1 Å². The molecule has 18 heavy (non-hydrogen) atoms. The van der Waals surface area contributed by atoms with Gasteiger partial charge in [-0.15, -0.1) is 0 Å². The Kier molecular flexibility index (Phi) is 3.57. The fraction of sp³-hybridized carbons (Fsp3) is 1.00. The molecule has 2 saturated carbocycles. The van der Waals surface area contributed by atoms with E-state index in [1.54, 1.807) is 0 Å². The highest BCUT2D eigenvalue weighted by atomic mass is 15.1. The van der Waals surface area contributed by atoms with Crippen molar-refractivity contribution >= 4 is 0 Å². The predicted molar refractivity (Wildman–Crippen MR) is 78.5 cm³/mol. The van der Waals surface area contributed by atoms with Gasteiger partial charge in [-0.2, -0.15) is 0 Å². The summed E-state index contributed by atoms with van der Waals surface area (Å²) in [5.41, 5.74) is 7.32. The third kappa shape index (κ3) is 2.75. The lowest BCUT2D eigenvalue weighted by molar-refractivity contribution is 0.220. The molecule has 0 heterocycles. The van der Waals surface area contributed by atoms with E-state index in [-0.39, 0.29) is 5.54 Å². The largest absolute Gasteiger partial charge is 0.329 e. The van der Waals surface area contributed by atoms with Crippen molar-refractivity contribution in [3.63, 3.8) is 0 Å². The Morgan fingerprint density at radius 3 is 2.17 bits per heavy atom. The van der Waals surface area contributed by atoms with Crippen molar-refractivity contribution in [1.29, 1.82) is 0 Å². The van der Waals surface area contributed by atoms with Crippen LogP contribution < -0.4 is 11.1 Å². The first kappa shape index (κ1) is 14.3. The second-order valence-electron chi connectivity index (χ2n) is 8.55. The van der Waals surface area contributed by atoms with Gasteiger partial charge in [-0.25, -0.2) is 0 Å². The Balaban J connectivity index is 2.06. The molecule has 2 fully saturated rings. The van der Waals surface area contributed by atoms with E-state index in [1.165, 1.54) is 32.1 Å². The molecule has 0 bridgehead atoms. The molecule has 2 aliphatic rings. The molecular weight excluding hydrogens is 220 g/mol. The monoisotopic (exact) mass is 252 g/mol. The maximum Gasteiger partial charge on any atom is 0.0337 e. The lowest BCUT2D eigenvalue weighted by Gasteiger charge is -2.38. The van der Waals surface area contributed by atoms with Gasteiger partial charge in [0, 0.05) is 18.1 Å². The van der Waals surface area contributed by atoms with Crippen molar-refractivity contribution < 1.29 is 0 Å². The summed E-state index contributed by atoms with van der Waals surface area (Å²) in [5.74, 6) is 0.696.